The first kappa shape index (κ1) is 20.2. The standard InChI is InChI=1S/C21H25ClN2O2S/c1-16-2-8-19(9-3-16)27-15-21(25)23-14-20(24-10-12-26-13-11-24)17-4-6-18(22)7-5-17/h2-9,20H,10-15H2,1H3,(H,23,25). The first-order chi connectivity index (χ1) is 13.1. The van der Waals surface area contributed by atoms with E-state index in [0.29, 0.717) is 12.3 Å². The summed E-state index contributed by atoms with van der Waals surface area (Å²) in [6, 6.07) is 16.2. The van der Waals surface area contributed by atoms with Crippen LogP contribution in [-0.4, -0.2) is 49.4 Å². The van der Waals surface area contributed by atoms with Crippen molar-refractivity contribution in [1.29, 1.82) is 0 Å². The molecule has 144 valence electrons. The average molecular weight is 405 g/mol. The van der Waals surface area contributed by atoms with Crippen LogP contribution in [0.3, 0.4) is 0 Å². The zero-order chi connectivity index (χ0) is 19.1. The molecule has 1 fully saturated rings. The van der Waals surface area contributed by atoms with Gasteiger partial charge in [0, 0.05) is 29.6 Å². The molecule has 0 spiro atoms. The van der Waals surface area contributed by atoms with Gasteiger partial charge >= 0.3 is 0 Å². The molecule has 27 heavy (non-hydrogen) atoms. The summed E-state index contributed by atoms with van der Waals surface area (Å²) in [6.07, 6.45) is 0. The van der Waals surface area contributed by atoms with E-state index in [9.17, 15) is 4.79 Å². The number of benzene rings is 2. The van der Waals surface area contributed by atoms with Crippen LogP contribution in [0.25, 0.3) is 0 Å². The molecule has 0 saturated carbocycles. The minimum atomic E-state index is 0.0489. The molecule has 2 aromatic rings. The Morgan fingerprint density at radius 1 is 1.15 bits per heavy atom. The maximum atomic E-state index is 12.4. The Labute approximate surface area is 170 Å². The summed E-state index contributed by atoms with van der Waals surface area (Å²) in [6.45, 7) is 5.81. The summed E-state index contributed by atoms with van der Waals surface area (Å²) >= 11 is 7.59. The molecule has 2 aromatic carbocycles. The lowest BCUT2D eigenvalue weighted by Gasteiger charge is -2.35. The van der Waals surface area contributed by atoms with Crippen molar-refractivity contribution in [2.45, 2.75) is 17.9 Å². The molecule has 1 amide bonds. The lowest BCUT2D eigenvalue weighted by Crippen LogP contribution is -2.44. The summed E-state index contributed by atoms with van der Waals surface area (Å²) in [5.74, 6) is 0.465. The molecule has 1 saturated heterocycles. The van der Waals surface area contributed by atoms with Gasteiger partial charge in [0.05, 0.1) is 25.0 Å². The number of rotatable bonds is 7. The molecular formula is C21H25ClN2O2S. The number of nitrogens with one attached hydrogen (secondary N) is 1. The van der Waals surface area contributed by atoms with E-state index in [0.717, 1.165) is 41.8 Å². The zero-order valence-corrected chi connectivity index (χ0v) is 17.1. The number of carbonyl (C=O) groups excluding carboxylic acids is 1. The minimum Gasteiger partial charge on any atom is -0.379 e. The summed E-state index contributed by atoms with van der Waals surface area (Å²) in [5.41, 5.74) is 2.38. The normalized spacial score (nSPS) is 16.1. The van der Waals surface area contributed by atoms with Gasteiger partial charge in [0.1, 0.15) is 0 Å². The highest BCUT2D eigenvalue weighted by Gasteiger charge is 2.23. The fraction of sp³-hybridized carbons (Fsp3) is 0.381. The van der Waals surface area contributed by atoms with E-state index in [1.54, 1.807) is 11.8 Å². The van der Waals surface area contributed by atoms with Crippen molar-refractivity contribution in [1.82, 2.24) is 10.2 Å². The number of nitrogens with zero attached hydrogens (tertiary/aromatic N) is 1. The number of halogens is 1. The average Bonchev–Trinajstić information content (AvgIpc) is 2.70. The number of amides is 1. The Morgan fingerprint density at radius 2 is 1.81 bits per heavy atom. The number of thioether (sulfide) groups is 1. The highest BCUT2D eigenvalue weighted by atomic mass is 35.5. The summed E-state index contributed by atoms with van der Waals surface area (Å²) in [4.78, 5) is 15.8. The zero-order valence-electron chi connectivity index (χ0n) is 15.5. The summed E-state index contributed by atoms with van der Waals surface area (Å²) < 4.78 is 5.47. The van der Waals surface area contributed by atoms with E-state index in [1.165, 1.54) is 5.56 Å². The van der Waals surface area contributed by atoms with Crippen LogP contribution < -0.4 is 5.32 Å². The van der Waals surface area contributed by atoms with Crippen LogP contribution in [0, 0.1) is 6.92 Å². The number of hydrogen-bond donors (Lipinski definition) is 1. The molecule has 1 heterocycles. The Morgan fingerprint density at radius 3 is 2.48 bits per heavy atom. The van der Waals surface area contributed by atoms with Crippen LogP contribution >= 0.6 is 23.4 Å². The predicted molar refractivity (Wildman–Crippen MR) is 111 cm³/mol. The van der Waals surface area contributed by atoms with Crippen LogP contribution in [0.1, 0.15) is 17.2 Å². The molecule has 1 aliphatic heterocycles. The van der Waals surface area contributed by atoms with Crippen molar-refractivity contribution in [3.8, 4) is 0 Å². The number of carbonyl (C=O) groups is 1. The first-order valence-corrected chi connectivity index (χ1v) is 10.5. The third-order valence-electron chi connectivity index (χ3n) is 4.62. The highest BCUT2D eigenvalue weighted by Crippen LogP contribution is 2.23. The maximum Gasteiger partial charge on any atom is 0.230 e. The lowest BCUT2D eigenvalue weighted by atomic mass is 10.0. The van der Waals surface area contributed by atoms with Gasteiger partial charge in [-0.3, -0.25) is 9.69 Å². The Bertz CT molecular complexity index is 731. The summed E-state index contributed by atoms with van der Waals surface area (Å²) in [5, 5.41) is 3.82. The molecule has 0 radical (unpaired) electrons. The van der Waals surface area contributed by atoms with Crippen molar-refractivity contribution in [3.05, 3.63) is 64.7 Å². The van der Waals surface area contributed by atoms with E-state index < -0.39 is 0 Å². The predicted octanol–water partition coefficient (Wildman–Crippen LogP) is 3.93. The van der Waals surface area contributed by atoms with Crippen LogP contribution in [0.15, 0.2) is 53.4 Å². The molecule has 1 atom stereocenters. The molecule has 1 aliphatic rings. The third kappa shape index (κ3) is 6.25. The van der Waals surface area contributed by atoms with Crippen LogP contribution in [0.4, 0.5) is 0 Å². The van der Waals surface area contributed by atoms with Gasteiger partial charge in [0.25, 0.3) is 0 Å². The van der Waals surface area contributed by atoms with Crippen molar-refractivity contribution >= 4 is 29.3 Å². The lowest BCUT2D eigenvalue weighted by molar-refractivity contribution is -0.118. The smallest absolute Gasteiger partial charge is 0.230 e. The van der Waals surface area contributed by atoms with Crippen LogP contribution in [0.5, 0.6) is 0 Å². The van der Waals surface area contributed by atoms with Gasteiger partial charge in [-0.05, 0) is 36.8 Å². The molecule has 3 rings (SSSR count). The monoisotopic (exact) mass is 404 g/mol. The quantitative estimate of drug-likeness (QED) is 0.710. The first-order valence-electron chi connectivity index (χ1n) is 9.15. The second kappa shape index (κ2) is 10.1. The molecule has 6 heteroatoms. The van der Waals surface area contributed by atoms with Gasteiger partial charge < -0.3 is 10.1 Å². The van der Waals surface area contributed by atoms with Gasteiger partial charge in [0.15, 0.2) is 0 Å². The number of morpholine rings is 1. The Balaban J connectivity index is 1.57. The fourth-order valence-electron chi connectivity index (χ4n) is 3.08. The van der Waals surface area contributed by atoms with Crippen molar-refractivity contribution in [2.75, 3.05) is 38.6 Å². The molecule has 0 aromatic heterocycles. The highest BCUT2D eigenvalue weighted by molar-refractivity contribution is 8.00. The van der Waals surface area contributed by atoms with Gasteiger partial charge in [-0.25, -0.2) is 0 Å². The Kier molecular flexibility index (Phi) is 7.59. The third-order valence-corrected chi connectivity index (χ3v) is 5.89. The second-order valence-corrected chi connectivity index (χ2v) is 8.11. The maximum absolute atomic E-state index is 12.4. The SMILES string of the molecule is Cc1ccc(SCC(=O)NCC(c2ccc(Cl)cc2)N2CCOCC2)cc1. The number of aryl methyl sites for hydroxylation is 1. The van der Waals surface area contributed by atoms with E-state index >= 15 is 0 Å². The molecule has 0 aliphatic carbocycles. The van der Waals surface area contributed by atoms with E-state index in [4.69, 9.17) is 16.3 Å². The van der Waals surface area contributed by atoms with Gasteiger partial charge in [0.2, 0.25) is 5.91 Å². The van der Waals surface area contributed by atoms with E-state index in [1.807, 2.05) is 24.3 Å². The van der Waals surface area contributed by atoms with Gasteiger partial charge in [-0.2, -0.15) is 0 Å². The van der Waals surface area contributed by atoms with Gasteiger partial charge in [-0.1, -0.05) is 41.4 Å². The van der Waals surface area contributed by atoms with E-state index in [2.05, 4.69) is 41.4 Å². The largest absolute Gasteiger partial charge is 0.379 e. The Hall–Kier alpha value is -1.53. The molecule has 4 nitrogen and oxygen atoms in total. The van der Waals surface area contributed by atoms with Crippen LogP contribution in [-0.2, 0) is 9.53 Å². The van der Waals surface area contributed by atoms with Crippen LogP contribution in [0.2, 0.25) is 5.02 Å². The van der Waals surface area contributed by atoms with Gasteiger partial charge in [-0.15, -0.1) is 11.8 Å². The number of ether oxygens (including phenoxy) is 1. The molecule has 0 bridgehead atoms. The van der Waals surface area contributed by atoms with E-state index in [-0.39, 0.29) is 11.9 Å². The minimum absolute atomic E-state index is 0.0489. The topological polar surface area (TPSA) is 41.6 Å². The molecule has 1 unspecified atom stereocenters. The van der Waals surface area contributed by atoms with Crippen molar-refractivity contribution < 1.29 is 9.53 Å². The second-order valence-electron chi connectivity index (χ2n) is 6.62. The van der Waals surface area contributed by atoms with Crippen molar-refractivity contribution in [3.63, 3.8) is 0 Å². The summed E-state index contributed by atoms with van der Waals surface area (Å²) in [7, 11) is 0. The number of hydrogen-bond acceptors (Lipinski definition) is 4. The van der Waals surface area contributed by atoms with Crippen molar-refractivity contribution in [2.24, 2.45) is 0 Å². The molecular weight excluding hydrogens is 380 g/mol. The fourth-order valence-corrected chi connectivity index (χ4v) is 3.93. The molecule has 1 N–H and O–H groups in total.